The molecule has 0 N–H and O–H groups in total. The van der Waals surface area contributed by atoms with Gasteiger partial charge in [-0.3, -0.25) is 0 Å². The summed E-state index contributed by atoms with van der Waals surface area (Å²) >= 11 is 8.42. The summed E-state index contributed by atoms with van der Waals surface area (Å²) in [5.74, 6) is 0. The van der Waals surface area contributed by atoms with Crippen LogP contribution in [-0.4, -0.2) is 10.5 Å². The van der Waals surface area contributed by atoms with Crippen LogP contribution in [0.15, 0.2) is 24.3 Å². The van der Waals surface area contributed by atoms with Crippen LogP contribution >= 0.6 is 34.2 Å². The third kappa shape index (κ3) is 4.11. The lowest BCUT2D eigenvalue weighted by molar-refractivity contribution is -0.0185. The number of halogens is 2. The lowest BCUT2D eigenvalue weighted by atomic mass is 9.97. The molecule has 0 saturated heterocycles. The van der Waals surface area contributed by atoms with E-state index in [9.17, 15) is 0 Å². The van der Waals surface area contributed by atoms with Crippen LogP contribution in [0.5, 0.6) is 0 Å². The predicted molar refractivity (Wildman–Crippen MR) is 81.0 cm³/mol. The zero-order valence-corrected chi connectivity index (χ0v) is 12.8. The molecule has 0 aliphatic heterocycles. The average Bonchev–Trinajstić information content (AvgIpc) is 2.37. The second-order valence-electron chi connectivity index (χ2n) is 4.59. The lowest BCUT2D eigenvalue weighted by Crippen LogP contribution is -2.20. The molecule has 1 aromatic rings. The highest BCUT2D eigenvalue weighted by Gasteiger charge is 2.19. The Labute approximate surface area is 122 Å². The minimum Gasteiger partial charge on any atom is -0.369 e. The van der Waals surface area contributed by atoms with Crippen molar-refractivity contribution >= 4 is 34.2 Å². The Kier molecular flexibility index (Phi) is 5.57. The fraction of sp³-hybridized carbons (Fsp3) is 0.571. The molecule has 1 aliphatic carbocycles. The number of rotatable bonds is 4. The first kappa shape index (κ1) is 13.6. The van der Waals surface area contributed by atoms with E-state index in [0.717, 1.165) is 9.45 Å². The molecule has 1 aliphatic rings. The van der Waals surface area contributed by atoms with Gasteiger partial charge < -0.3 is 4.74 Å². The van der Waals surface area contributed by atoms with Crippen molar-refractivity contribution in [3.8, 4) is 0 Å². The second-order valence-corrected chi connectivity index (χ2v) is 5.91. The van der Waals surface area contributed by atoms with Crippen LogP contribution in [-0.2, 0) is 4.74 Å². The van der Waals surface area contributed by atoms with Gasteiger partial charge in [-0.1, -0.05) is 65.6 Å². The monoisotopic (exact) mass is 364 g/mol. The fourth-order valence-corrected chi connectivity index (χ4v) is 3.26. The average molecular weight is 365 g/mol. The van der Waals surface area contributed by atoms with E-state index in [1.807, 2.05) is 18.2 Å². The van der Waals surface area contributed by atoms with Crippen LogP contribution in [0.25, 0.3) is 0 Å². The van der Waals surface area contributed by atoms with Gasteiger partial charge in [0.15, 0.2) is 0 Å². The Morgan fingerprint density at radius 1 is 1.29 bits per heavy atom. The SMILES string of the molecule is Clc1cccc(C(CI)OC2CCCCC2)c1. The van der Waals surface area contributed by atoms with Gasteiger partial charge in [0.25, 0.3) is 0 Å². The van der Waals surface area contributed by atoms with Crippen molar-refractivity contribution in [3.05, 3.63) is 34.9 Å². The summed E-state index contributed by atoms with van der Waals surface area (Å²) in [6.07, 6.45) is 7.07. The third-order valence-corrected chi connectivity index (χ3v) is 4.30. The summed E-state index contributed by atoms with van der Waals surface area (Å²) in [5.41, 5.74) is 1.21. The van der Waals surface area contributed by atoms with E-state index in [4.69, 9.17) is 16.3 Å². The molecule has 0 amide bonds. The van der Waals surface area contributed by atoms with Crippen molar-refractivity contribution in [2.45, 2.75) is 44.3 Å². The quantitative estimate of drug-likeness (QED) is 0.529. The van der Waals surface area contributed by atoms with Crippen molar-refractivity contribution in [2.24, 2.45) is 0 Å². The van der Waals surface area contributed by atoms with Gasteiger partial charge in [0.1, 0.15) is 0 Å². The molecular formula is C14H18ClIO. The Hall–Kier alpha value is 0.200. The van der Waals surface area contributed by atoms with Gasteiger partial charge in [-0.25, -0.2) is 0 Å². The van der Waals surface area contributed by atoms with Crippen LogP contribution < -0.4 is 0 Å². The first-order chi connectivity index (χ1) is 8.29. The Balaban J connectivity index is 2.00. The summed E-state index contributed by atoms with van der Waals surface area (Å²) in [4.78, 5) is 0. The van der Waals surface area contributed by atoms with Crippen LogP contribution in [0.4, 0.5) is 0 Å². The van der Waals surface area contributed by atoms with E-state index in [1.165, 1.54) is 37.7 Å². The summed E-state index contributed by atoms with van der Waals surface area (Å²) in [6, 6.07) is 8.04. The Bertz CT molecular complexity index is 350. The lowest BCUT2D eigenvalue weighted by Gasteiger charge is -2.27. The molecule has 0 bridgehead atoms. The molecule has 1 saturated carbocycles. The molecule has 3 heteroatoms. The second kappa shape index (κ2) is 6.95. The smallest absolute Gasteiger partial charge is 0.0918 e. The van der Waals surface area contributed by atoms with E-state index < -0.39 is 0 Å². The van der Waals surface area contributed by atoms with Crippen LogP contribution in [0, 0.1) is 0 Å². The van der Waals surface area contributed by atoms with E-state index >= 15 is 0 Å². The number of ether oxygens (including phenoxy) is 1. The minimum atomic E-state index is 0.192. The first-order valence-corrected chi connectivity index (χ1v) is 8.17. The van der Waals surface area contributed by atoms with Crippen molar-refractivity contribution < 1.29 is 4.74 Å². The maximum atomic E-state index is 6.22. The molecule has 0 spiro atoms. The van der Waals surface area contributed by atoms with Crippen molar-refractivity contribution in [1.29, 1.82) is 0 Å². The zero-order chi connectivity index (χ0) is 12.1. The van der Waals surface area contributed by atoms with Crippen molar-refractivity contribution in [2.75, 3.05) is 4.43 Å². The molecule has 17 heavy (non-hydrogen) atoms. The van der Waals surface area contributed by atoms with Gasteiger partial charge >= 0.3 is 0 Å². The number of hydrogen-bond donors (Lipinski definition) is 0. The van der Waals surface area contributed by atoms with Crippen molar-refractivity contribution in [3.63, 3.8) is 0 Å². The topological polar surface area (TPSA) is 9.23 Å². The van der Waals surface area contributed by atoms with E-state index in [-0.39, 0.29) is 6.10 Å². The highest BCUT2D eigenvalue weighted by Crippen LogP contribution is 2.29. The molecule has 1 nitrogen and oxygen atoms in total. The fourth-order valence-electron chi connectivity index (χ4n) is 2.34. The van der Waals surface area contributed by atoms with Gasteiger partial charge in [0.2, 0.25) is 0 Å². The van der Waals surface area contributed by atoms with E-state index in [2.05, 4.69) is 28.7 Å². The molecule has 1 fully saturated rings. The third-order valence-electron chi connectivity index (χ3n) is 3.27. The first-order valence-electron chi connectivity index (χ1n) is 6.26. The van der Waals surface area contributed by atoms with Gasteiger partial charge in [0.05, 0.1) is 12.2 Å². The van der Waals surface area contributed by atoms with E-state index in [0.29, 0.717) is 6.10 Å². The Morgan fingerprint density at radius 2 is 2.06 bits per heavy atom. The van der Waals surface area contributed by atoms with Gasteiger partial charge in [0, 0.05) is 9.45 Å². The standard InChI is InChI=1S/C14H18ClIO/c15-12-6-4-5-11(9-12)14(10-16)17-13-7-2-1-3-8-13/h4-6,9,13-14H,1-3,7-8,10H2. The molecule has 94 valence electrons. The van der Waals surface area contributed by atoms with E-state index in [1.54, 1.807) is 0 Å². The molecule has 0 heterocycles. The number of benzene rings is 1. The van der Waals surface area contributed by atoms with Gasteiger partial charge in [-0.2, -0.15) is 0 Å². The number of alkyl halides is 1. The summed E-state index contributed by atoms with van der Waals surface area (Å²) in [5, 5.41) is 0.796. The van der Waals surface area contributed by atoms with Crippen LogP contribution in [0.2, 0.25) is 5.02 Å². The maximum Gasteiger partial charge on any atom is 0.0918 e. The minimum absolute atomic E-state index is 0.192. The highest BCUT2D eigenvalue weighted by molar-refractivity contribution is 14.1. The van der Waals surface area contributed by atoms with Gasteiger partial charge in [-0.05, 0) is 30.5 Å². The molecular weight excluding hydrogens is 347 g/mol. The van der Waals surface area contributed by atoms with Crippen LogP contribution in [0.1, 0.15) is 43.8 Å². The molecule has 1 atom stereocenters. The largest absolute Gasteiger partial charge is 0.369 e. The van der Waals surface area contributed by atoms with Crippen molar-refractivity contribution in [1.82, 2.24) is 0 Å². The molecule has 2 rings (SSSR count). The normalized spacial score (nSPS) is 19.2. The van der Waals surface area contributed by atoms with Gasteiger partial charge in [-0.15, -0.1) is 0 Å². The molecule has 1 unspecified atom stereocenters. The summed E-state index contributed by atoms with van der Waals surface area (Å²) in [6.45, 7) is 0. The Morgan fingerprint density at radius 3 is 2.71 bits per heavy atom. The highest BCUT2D eigenvalue weighted by atomic mass is 127. The maximum absolute atomic E-state index is 6.22. The zero-order valence-electron chi connectivity index (χ0n) is 9.87. The summed E-state index contributed by atoms with van der Waals surface area (Å²) < 4.78 is 7.20. The number of hydrogen-bond acceptors (Lipinski definition) is 1. The molecule has 1 aromatic carbocycles. The summed E-state index contributed by atoms with van der Waals surface area (Å²) in [7, 11) is 0. The molecule has 0 aromatic heterocycles. The predicted octanol–water partition coefficient (Wildman–Crippen LogP) is 5.17. The molecule has 0 radical (unpaired) electrons. The van der Waals surface area contributed by atoms with Crippen LogP contribution in [0.3, 0.4) is 0 Å².